The molecule has 0 aromatic rings. The molecule has 0 aromatic heterocycles. The summed E-state index contributed by atoms with van der Waals surface area (Å²) in [6.45, 7) is 9.09. The lowest BCUT2D eigenvalue weighted by Gasteiger charge is -2.56. The van der Waals surface area contributed by atoms with Crippen LogP contribution in [0.3, 0.4) is 0 Å². The van der Waals surface area contributed by atoms with Gasteiger partial charge in [-0.15, -0.1) is 0 Å². The van der Waals surface area contributed by atoms with Crippen molar-refractivity contribution in [2.75, 3.05) is 6.61 Å². The summed E-state index contributed by atoms with van der Waals surface area (Å²) in [6.07, 6.45) is 6.53. The molecule has 0 radical (unpaired) electrons. The molecule has 3 aliphatic rings. The largest absolute Gasteiger partial charge is 0.497 e. The van der Waals surface area contributed by atoms with Gasteiger partial charge >= 0.3 is 0 Å². The van der Waals surface area contributed by atoms with E-state index in [0.29, 0.717) is 5.41 Å². The molecule has 0 aromatic carbocycles. The van der Waals surface area contributed by atoms with E-state index < -0.39 is 0 Å². The topological polar surface area (TPSA) is 9.23 Å². The van der Waals surface area contributed by atoms with Crippen molar-refractivity contribution >= 4 is 0 Å². The zero-order valence-electron chi connectivity index (χ0n) is 8.55. The van der Waals surface area contributed by atoms with E-state index in [1.165, 1.54) is 18.4 Å². The van der Waals surface area contributed by atoms with Crippen molar-refractivity contribution in [1.29, 1.82) is 0 Å². The molecule has 0 heterocycles. The van der Waals surface area contributed by atoms with Crippen LogP contribution >= 0.6 is 0 Å². The molecular formula is C12H18O. The second kappa shape index (κ2) is 2.90. The third-order valence-electron chi connectivity index (χ3n) is 3.95. The van der Waals surface area contributed by atoms with Crippen molar-refractivity contribution < 1.29 is 4.74 Å². The molecule has 2 atom stereocenters. The van der Waals surface area contributed by atoms with Crippen LogP contribution < -0.4 is 0 Å². The normalized spacial score (nSPS) is 34.5. The molecular weight excluding hydrogens is 160 g/mol. The van der Waals surface area contributed by atoms with Crippen molar-refractivity contribution in [3.8, 4) is 0 Å². The van der Waals surface area contributed by atoms with Crippen LogP contribution in [0.4, 0.5) is 0 Å². The predicted molar refractivity (Wildman–Crippen MR) is 54.2 cm³/mol. The van der Waals surface area contributed by atoms with E-state index in [0.717, 1.165) is 18.4 Å². The first kappa shape index (κ1) is 8.86. The van der Waals surface area contributed by atoms with Crippen LogP contribution in [-0.2, 0) is 4.74 Å². The van der Waals surface area contributed by atoms with Gasteiger partial charge in [0.05, 0.1) is 6.26 Å². The fraction of sp³-hybridized carbons (Fsp3) is 0.667. The highest BCUT2D eigenvalue weighted by atomic mass is 16.5. The summed E-state index contributed by atoms with van der Waals surface area (Å²) < 4.78 is 5.26. The van der Waals surface area contributed by atoms with Gasteiger partial charge in [0.2, 0.25) is 0 Å². The van der Waals surface area contributed by atoms with Crippen molar-refractivity contribution in [3.63, 3.8) is 0 Å². The van der Waals surface area contributed by atoms with Crippen LogP contribution in [0.1, 0.15) is 26.7 Å². The Morgan fingerprint density at radius 3 is 3.00 bits per heavy atom. The van der Waals surface area contributed by atoms with Gasteiger partial charge in [-0.2, -0.15) is 0 Å². The van der Waals surface area contributed by atoms with Crippen LogP contribution in [0, 0.1) is 17.3 Å². The third kappa shape index (κ3) is 1.21. The maximum absolute atomic E-state index is 5.26. The number of ether oxygens (including phenoxy) is 1. The molecule has 3 rings (SSSR count). The maximum Gasteiger partial charge on any atom is 0.109 e. The standard InChI is InChI=1S/C12H18O/c1-4-13-8-9-5-6-10-7-11(9)12(10,2)3/h4-5,10-11H,1,6-8H2,2-3H3. The molecule has 0 amide bonds. The molecule has 2 unspecified atom stereocenters. The molecule has 0 N–H and O–H groups in total. The number of hydrogen-bond acceptors (Lipinski definition) is 1. The lowest BCUT2D eigenvalue weighted by molar-refractivity contribution is -0.0131. The van der Waals surface area contributed by atoms with Gasteiger partial charge in [-0.1, -0.05) is 26.5 Å². The van der Waals surface area contributed by atoms with E-state index >= 15 is 0 Å². The van der Waals surface area contributed by atoms with E-state index in [9.17, 15) is 0 Å². The quantitative estimate of drug-likeness (QED) is 0.476. The van der Waals surface area contributed by atoms with Crippen molar-refractivity contribution in [1.82, 2.24) is 0 Å². The van der Waals surface area contributed by atoms with Gasteiger partial charge in [-0.25, -0.2) is 0 Å². The number of allylic oxidation sites excluding steroid dienone is 1. The maximum atomic E-state index is 5.26. The average molecular weight is 178 g/mol. The molecule has 0 aliphatic heterocycles. The first-order valence-electron chi connectivity index (χ1n) is 5.07. The zero-order chi connectivity index (χ0) is 9.47. The van der Waals surface area contributed by atoms with Gasteiger partial charge in [0, 0.05) is 0 Å². The average Bonchev–Trinajstić information content (AvgIpc) is 2.14. The van der Waals surface area contributed by atoms with E-state index in [1.807, 2.05) is 0 Å². The lowest BCUT2D eigenvalue weighted by atomic mass is 9.49. The van der Waals surface area contributed by atoms with Gasteiger partial charge < -0.3 is 4.74 Å². The Hall–Kier alpha value is -0.720. The summed E-state index contributed by atoms with van der Waals surface area (Å²) in [5, 5.41) is 0. The molecule has 0 saturated heterocycles. The molecule has 1 nitrogen and oxygen atoms in total. The fourth-order valence-corrected chi connectivity index (χ4v) is 2.80. The summed E-state index contributed by atoms with van der Waals surface area (Å²) in [6, 6.07) is 0. The Kier molecular flexibility index (Phi) is 1.98. The van der Waals surface area contributed by atoms with Crippen molar-refractivity contribution in [2.45, 2.75) is 26.7 Å². The summed E-state index contributed by atoms with van der Waals surface area (Å²) in [7, 11) is 0. The van der Waals surface area contributed by atoms with Crippen LogP contribution in [-0.4, -0.2) is 6.61 Å². The number of fused-ring (bicyclic) bond motifs is 1. The van der Waals surface area contributed by atoms with Crippen LogP contribution in [0.15, 0.2) is 24.5 Å². The first-order chi connectivity index (χ1) is 6.16. The van der Waals surface area contributed by atoms with Crippen molar-refractivity contribution in [2.24, 2.45) is 17.3 Å². The molecule has 2 bridgehead atoms. The third-order valence-corrected chi connectivity index (χ3v) is 3.95. The van der Waals surface area contributed by atoms with Gasteiger partial charge in [0.15, 0.2) is 0 Å². The van der Waals surface area contributed by atoms with E-state index in [2.05, 4.69) is 26.5 Å². The molecule has 1 saturated carbocycles. The second-order valence-corrected chi connectivity index (χ2v) is 4.80. The van der Waals surface area contributed by atoms with Crippen molar-refractivity contribution in [3.05, 3.63) is 24.5 Å². The summed E-state index contributed by atoms with van der Waals surface area (Å²) in [5.41, 5.74) is 2.02. The highest BCUT2D eigenvalue weighted by molar-refractivity contribution is 5.23. The summed E-state index contributed by atoms with van der Waals surface area (Å²) in [4.78, 5) is 0. The van der Waals surface area contributed by atoms with Crippen LogP contribution in [0.5, 0.6) is 0 Å². The van der Waals surface area contributed by atoms with E-state index in [4.69, 9.17) is 4.74 Å². The SMILES string of the molecule is C=COCC1=CCC2CC1C2(C)C. The number of rotatable bonds is 3. The van der Waals surface area contributed by atoms with Gasteiger partial charge in [0.1, 0.15) is 6.61 Å². The molecule has 0 spiro atoms. The van der Waals surface area contributed by atoms with Gasteiger partial charge in [-0.3, -0.25) is 0 Å². The molecule has 13 heavy (non-hydrogen) atoms. The van der Waals surface area contributed by atoms with Crippen LogP contribution in [0.25, 0.3) is 0 Å². The molecule has 72 valence electrons. The molecule has 1 heteroatoms. The monoisotopic (exact) mass is 178 g/mol. The summed E-state index contributed by atoms with van der Waals surface area (Å²) in [5.74, 6) is 1.69. The second-order valence-electron chi connectivity index (χ2n) is 4.80. The zero-order valence-corrected chi connectivity index (χ0v) is 8.55. The molecule has 3 aliphatic carbocycles. The highest BCUT2D eigenvalue weighted by Crippen LogP contribution is 2.59. The van der Waals surface area contributed by atoms with E-state index in [1.54, 1.807) is 6.26 Å². The minimum absolute atomic E-state index is 0.522. The lowest BCUT2D eigenvalue weighted by Crippen LogP contribution is -2.48. The minimum atomic E-state index is 0.522. The van der Waals surface area contributed by atoms with Gasteiger partial charge in [0.25, 0.3) is 0 Å². The smallest absolute Gasteiger partial charge is 0.109 e. The predicted octanol–water partition coefficient (Wildman–Crippen LogP) is 3.14. The Bertz CT molecular complexity index is 250. The Labute approximate surface area is 80.5 Å². The Morgan fingerprint density at radius 1 is 1.69 bits per heavy atom. The fourth-order valence-electron chi connectivity index (χ4n) is 2.80. The van der Waals surface area contributed by atoms with E-state index in [-0.39, 0.29) is 0 Å². The highest BCUT2D eigenvalue weighted by Gasteiger charge is 2.51. The Morgan fingerprint density at radius 2 is 2.46 bits per heavy atom. The van der Waals surface area contributed by atoms with Crippen LogP contribution in [0.2, 0.25) is 0 Å². The minimum Gasteiger partial charge on any atom is -0.497 e. The summed E-state index contributed by atoms with van der Waals surface area (Å²) >= 11 is 0. The Balaban J connectivity index is 2.05. The molecule has 1 fully saturated rings. The number of hydrogen-bond donors (Lipinski definition) is 0. The first-order valence-corrected chi connectivity index (χ1v) is 5.07. The van der Waals surface area contributed by atoms with Gasteiger partial charge in [-0.05, 0) is 35.7 Å².